The van der Waals surface area contributed by atoms with Crippen LogP contribution in [-0.4, -0.2) is 12.2 Å². The van der Waals surface area contributed by atoms with Gasteiger partial charge < -0.3 is 9.84 Å². The first-order valence-corrected chi connectivity index (χ1v) is 6.76. The van der Waals surface area contributed by atoms with Gasteiger partial charge in [0, 0.05) is 0 Å². The van der Waals surface area contributed by atoms with Gasteiger partial charge in [-0.1, -0.05) is 55.1 Å². The SMILES string of the molecule is C=Cc1ccc2ccccc2c1-c1ccc(O)c(OC)c1. The van der Waals surface area contributed by atoms with Crippen LogP contribution in [-0.2, 0) is 0 Å². The first-order chi connectivity index (χ1) is 10.2. The second-order valence-electron chi connectivity index (χ2n) is 4.84. The third-order valence-electron chi connectivity index (χ3n) is 3.65. The number of hydrogen-bond donors (Lipinski definition) is 1. The Hall–Kier alpha value is -2.74. The molecule has 1 N–H and O–H groups in total. The largest absolute Gasteiger partial charge is 0.504 e. The predicted molar refractivity (Wildman–Crippen MR) is 87.7 cm³/mol. The molecule has 3 rings (SSSR count). The lowest BCUT2D eigenvalue weighted by molar-refractivity contribution is 0.373. The Morgan fingerprint density at radius 2 is 1.86 bits per heavy atom. The zero-order chi connectivity index (χ0) is 14.8. The molecule has 0 aliphatic heterocycles. The highest BCUT2D eigenvalue weighted by Gasteiger charge is 2.10. The van der Waals surface area contributed by atoms with E-state index < -0.39 is 0 Å². The zero-order valence-electron chi connectivity index (χ0n) is 11.8. The van der Waals surface area contributed by atoms with E-state index in [1.165, 1.54) is 5.39 Å². The van der Waals surface area contributed by atoms with E-state index >= 15 is 0 Å². The molecule has 3 aromatic rings. The van der Waals surface area contributed by atoms with E-state index in [4.69, 9.17) is 4.74 Å². The average Bonchev–Trinajstić information content (AvgIpc) is 2.54. The van der Waals surface area contributed by atoms with Gasteiger partial charge in [-0.25, -0.2) is 0 Å². The first kappa shape index (κ1) is 13.3. The van der Waals surface area contributed by atoms with Crippen molar-refractivity contribution in [3.05, 3.63) is 66.7 Å². The fraction of sp³-hybridized carbons (Fsp3) is 0.0526. The van der Waals surface area contributed by atoms with E-state index in [1.54, 1.807) is 13.2 Å². The summed E-state index contributed by atoms with van der Waals surface area (Å²) in [6.07, 6.45) is 1.85. The summed E-state index contributed by atoms with van der Waals surface area (Å²) >= 11 is 0. The van der Waals surface area contributed by atoms with E-state index in [0.29, 0.717) is 5.75 Å². The maximum atomic E-state index is 9.78. The highest BCUT2D eigenvalue weighted by Crippen LogP contribution is 2.37. The molecule has 21 heavy (non-hydrogen) atoms. The Balaban J connectivity index is 2.35. The van der Waals surface area contributed by atoms with E-state index in [1.807, 2.05) is 30.3 Å². The Morgan fingerprint density at radius 1 is 1.05 bits per heavy atom. The zero-order valence-corrected chi connectivity index (χ0v) is 11.8. The number of fused-ring (bicyclic) bond motifs is 1. The van der Waals surface area contributed by atoms with Crippen LogP contribution < -0.4 is 4.74 Å². The minimum Gasteiger partial charge on any atom is -0.504 e. The van der Waals surface area contributed by atoms with E-state index in [-0.39, 0.29) is 5.75 Å². The molecular weight excluding hydrogens is 260 g/mol. The highest BCUT2D eigenvalue weighted by molar-refractivity contribution is 6.00. The Morgan fingerprint density at radius 3 is 2.62 bits per heavy atom. The number of aromatic hydroxyl groups is 1. The van der Waals surface area contributed by atoms with Crippen LogP contribution in [0.2, 0.25) is 0 Å². The minimum atomic E-state index is 0.140. The van der Waals surface area contributed by atoms with Gasteiger partial charge in [0.2, 0.25) is 0 Å². The lowest BCUT2D eigenvalue weighted by atomic mass is 9.93. The van der Waals surface area contributed by atoms with E-state index in [2.05, 4.69) is 30.8 Å². The van der Waals surface area contributed by atoms with Crippen LogP contribution in [0.1, 0.15) is 5.56 Å². The predicted octanol–water partition coefficient (Wildman–Crippen LogP) is 4.86. The van der Waals surface area contributed by atoms with Crippen molar-refractivity contribution < 1.29 is 9.84 Å². The topological polar surface area (TPSA) is 29.5 Å². The van der Waals surface area contributed by atoms with Crippen molar-refractivity contribution in [2.45, 2.75) is 0 Å². The van der Waals surface area contributed by atoms with Crippen molar-refractivity contribution in [2.24, 2.45) is 0 Å². The number of ether oxygens (including phenoxy) is 1. The van der Waals surface area contributed by atoms with Gasteiger partial charge in [-0.15, -0.1) is 0 Å². The van der Waals surface area contributed by atoms with Crippen LogP contribution in [0.3, 0.4) is 0 Å². The molecule has 0 saturated heterocycles. The standard InChI is InChI=1S/C19H16O2/c1-3-13-8-9-14-6-4-5-7-16(14)19(13)15-10-11-17(20)18(12-15)21-2/h3-12,20H,1H2,2H3. The lowest BCUT2D eigenvalue weighted by Gasteiger charge is -2.13. The molecule has 2 nitrogen and oxygen atoms in total. The van der Waals surface area contributed by atoms with Gasteiger partial charge in [0.05, 0.1) is 7.11 Å². The smallest absolute Gasteiger partial charge is 0.161 e. The fourth-order valence-corrected chi connectivity index (χ4v) is 2.61. The minimum absolute atomic E-state index is 0.140. The van der Waals surface area contributed by atoms with Crippen molar-refractivity contribution in [2.75, 3.05) is 7.11 Å². The Bertz CT molecular complexity index is 819. The van der Waals surface area contributed by atoms with Gasteiger partial charge in [0.25, 0.3) is 0 Å². The number of rotatable bonds is 3. The van der Waals surface area contributed by atoms with Crippen LogP contribution in [0.25, 0.3) is 28.0 Å². The molecule has 0 saturated carbocycles. The molecule has 0 atom stereocenters. The fourth-order valence-electron chi connectivity index (χ4n) is 2.61. The van der Waals surface area contributed by atoms with Crippen molar-refractivity contribution in [1.29, 1.82) is 0 Å². The van der Waals surface area contributed by atoms with Gasteiger partial charge >= 0.3 is 0 Å². The first-order valence-electron chi connectivity index (χ1n) is 6.76. The number of phenolic OH excluding ortho intramolecular Hbond substituents is 1. The second-order valence-corrected chi connectivity index (χ2v) is 4.84. The normalized spacial score (nSPS) is 10.5. The summed E-state index contributed by atoms with van der Waals surface area (Å²) in [5, 5.41) is 12.1. The molecule has 0 radical (unpaired) electrons. The maximum absolute atomic E-state index is 9.78. The van der Waals surface area contributed by atoms with Crippen LogP contribution in [0.4, 0.5) is 0 Å². The molecule has 2 heteroatoms. The summed E-state index contributed by atoms with van der Waals surface area (Å²) in [5.74, 6) is 0.608. The molecule has 0 spiro atoms. The van der Waals surface area contributed by atoms with Crippen LogP contribution in [0.5, 0.6) is 11.5 Å². The van der Waals surface area contributed by atoms with E-state index in [0.717, 1.165) is 22.1 Å². The monoisotopic (exact) mass is 276 g/mol. The molecule has 104 valence electrons. The number of phenols is 1. The molecule has 0 aliphatic rings. The van der Waals surface area contributed by atoms with Gasteiger partial charge in [0.15, 0.2) is 11.5 Å². The molecular formula is C19H16O2. The third kappa shape index (κ3) is 2.25. The number of hydrogen-bond acceptors (Lipinski definition) is 2. The Kier molecular flexibility index (Phi) is 3.36. The molecule has 0 aromatic heterocycles. The summed E-state index contributed by atoms with van der Waals surface area (Å²) in [6.45, 7) is 3.90. The highest BCUT2D eigenvalue weighted by atomic mass is 16.5. The van der Waals surface area contributed by atoms with Gasteiger partial charge in [-0.3, -0.25) is 0 Å². The van der Waals surface area contributed by atoms with Crippen LogP contribution >= 0.6 is 0 Å². The number of methoxy groups -OCH3 is 1. The van der Waals surface area contributed by atoms with Gasteiger partial charge in [-0.05, 0) is 39.6 Å². The molecule has 0 bridgehead atoms. The second kappa shape index (κ2) is 5.33. The molecule has 0 unspecified atom stereocenters. The summed E-state index contributed by atoms with van der Waals surface area (Å²) in [5.41, 5.74) is 3.15. The molecule has 0 amide bonds. The summed E-state index contributed by atoms with van der Waals surface area (Å²) < 4.78 is 5.22. The van der Waals surface area contributed by atoms with Gasteiger partial charge in [0.1, 0.15) is 0 Å². The van der Waals surface area contributed by atoms with Crippen molar-refractivity contribution in [3.8, 4) is 22.6 Å². The molecule has 3 aromatic carbocycles. The average molecular weight is 276 g/mol. The van der Waals surface area contributed by atoms with Crippen molar-refractivity contribution >= 4 is 16.8 Å². The van der Waals surface area contributed by atoms with E-state index in [9.17, 15) is 5.11 Å². The summed E-state index contributed by atoms with van der Waals surface area (Å²) in [7, 11) is 1.55. The van der Waals surface area contributed by atoms with Crippen LogP contribution in [0.15, 0.2) is 61.2 Å². The maximum Gasteiger partial charge on any atom is 0.161 e. The van der Waals surface area contributed by atoms with Crippen molar-refractivity contribution in [1.82, 2.24) is 0 Å². The number of benzene rings is 3. The summed E-state index contributed by atoms with van der Waals surface area (Å²) in [4.78, 5) is 0. The molecule has 0 aliphatic carbocycles. The summed E-state index contributed by atoms with van der Waals surface area (Å²) in [6, 6.07) is 17.8. The van der Waals surface area contributed by atoms with Gasteiger partial charge in [-0.2, -0.15) is 0 Å². The Labute approximate surface area is 123 Å². The third-order valence-corrected chi connectivity index (χ3v) is 3.65. The van der Waals surface area contributed by atoms with Crippen LogP contribution in [0, 0.1) is 0 Å². The molecule has 0 fully saturated rings. The lowest BCUT2D eigenvalue weighted by Crippen LogP contribution is -1.89. The molecule has 0 heterocycles. The quantitative estimate of drug-likeness (QED) is 0.740. The van der Waals surface area contributed by atoms with Crippen molar-refractivity contribution in [3.63, 3.8) is 0 Å².